The van der Waals surface area contributed by atoms with Gasteiger partial charge in [-0.2, -0.15) is 0 Å². The predicted octanol–water partition coefficient (Wildman–Crippen LogP) is 2.53. The Morgan fingerprint density at radius 2 is 2.00 bits per heavy atom. The van der Waals surface area contributed by atoms with Crippen LogP contribution in [0.15, 0.2) is 22.8 Å². The normalized spacial score (nSPS) is 10.8. The number of carboxylic acids is 1. The molecule has 6 heteroatoms. The highest BCUT2D eigenvalue weighted by Gasteiger charge is 2.11. The van der Waals surface area contributed by atoms with Crippen LogP contribution in [0.5, 0.6) is 0 Å². The van der Waals surface area contributed by atoms with Crippen molar-refractivity contribution in [2.45, 2.75) is 20.3 Å². The maximum absolute atomic E-state index is 11.9. The average Bonchev–Trinajstić information content (AvgIpc) is 2.81. The van der Waals surface area contributed by atoms with E-state index in [1.54, 1.807) is 6.26 Å². The van der Waals surface area contributed by atoms with Gasteiger partial charge in [0.1, 0.15) is 5.58 Å². The Kier molecular flexibility index (Phi) is 5.49. The van der Waals surface area contributed by atoms with Crippen LogP contribution in [0.25, 0.3) is 11.0 Å². The van der Waals surface area contributed by atoms with Crippen molar-refractivity contribution in [3.05, 3.63) is 35.1 Å². The summed E-state index contributed by atoms with van der Waals surface area (Å²) in [5.74, 6) is -0.285. The van der Waals surface area contributed by atoms with Crippen molar-refractivity contribution in [1.29, 1.82) is 0 Å². The molecule has 2 aromatic rings. The molecule has 2 rings (SSSR count). The Bertz CT molecular complexity index is 693. The van der Waals surface area contributed by atoms with Gasteiger partial charge in [0.05, 0.1) is 18.4 Å². The summed E-state index contributed by atoms with van der Waals surface area (Å²) in [5.41, 5.74) is 3.99. The number of nitrogens with one attached hydrogen (secondary N) is 1. The highest BCUT2D eigenvalue weighted by molar-refractivity contribution is 7.99. The molecule has 5 nitrogen and oxygen atoms in total. The van der Waals surface area contributed by atoms with Gasteiger partial charge in [-0.15, -0.1) is 11.8 Å². The zero-order valence-electron chi connectivity index (χ0n) is 12.6. The number of aliphatic carboxylic acids is 1. The number of hydrogen-bond donors (Lipinski definition) is 2. The molecular formula is C16H19NO4S. The minimum Gasteiger partial charge on any atom is -0.481 e. The molecule has 0 aliphatic carbocycles. The lowest BCUT2D eigenvalue weighted by molar-refractivity contribution is -0.133. The fraction of sp³-hybridized carbons (Fsp3) is 0.375. The molecule has 0 aliphatic rings. The summed E-state index contributed by atoms with van der Waals surface area (Å²) in [7, 11) is 0. The van der Waals surface area contributed by atoms with E-state index in [-0.39, 0.29) is 18.1 Å². The molecule has 1 aromatic heterocycles. The summed E-state index contributed by atoms with van der Waals surface area (Å²) in [6.45, 7) is 4.52. The molecule has 0 saturated heterocycles. The lowest BCUT2D eigenvalue weighted by Crippen LogP contribution is -2.27. The van der Waals surface area contributed by atoms with Crippen LogP contribution >= 0.6 is 11.8 Å². The maximum Gasteiger partial charge on any atom is 0.313 e. The van der Waals surface area contributed by atoms with Crippen molar-refractivity contribution in [3.63, 3.8) is 0 Å². The fourth-order valence-electron chi connectivity index (χ4n) is 2.13. The Balaban J connectivity index is 1.89. The predicted molar refractivity (Wildman–Crippen MR) is 87.4 cm³/mol. The van der Waals surface area contributed by atoms with Gasteiger partial charge in [-0.05, 0) is 37.1 Å². The van der Waals surface area contributed by atoms with Crippen LogP contribution in [-0.4, -0.2) is 35.0 Å². The lowest BCUT2D eigenvalue weighted by atomic mass is 10.0. The molecule has 0 unspecified atom stereocenters. The second-order valence-electron chi connectivity index (χ2n) is 5.17. The summed E-state index contributed by atoms with van der Waals surface area (Å²) in [4.78, 5) is 22.3. The minimum absolute atomic E-state index is 0.0564. The van der Waals surface area contributed by atoms with Gasteiger partial charge in [0.15, 0.2) is 0 Å². The van der Waals surface area contributed by atoms with Crippen molar-refractivity contribution in [2.75, 3.05) is 18.1 Å². The number of thioether (sulfide) groups is 1. The quantitative estimate of drug-likeness (QED) is 0.766. The zero-order valence-corrected chi connectivity index (χ0v) is 13.5. The van der Waals surface area contributed by atoms with Crippen molar-refractivity contribution < 1.29 is 19.1 Å². The third-order valence-electron chi connectivity index (χ3n) is 3.42. The maximum atomic E-state index is 11.9. The number of fused-ring (bicyclic) bond motifs is 1. The molecule has 0 aliphatic heterocycles. The van der Waals surface area contributed by atoms with Crippen LogP contribution in [0.1, 0.15) is 16.7 Å². The minimum atomic E-state index is -0.841. The van der Waals surface area contributed by atoms with E-state index in [9.17, 15) is 9.59 Å². The van der Waals surface area contributed by atoms with Crippen LogP contribution in [0.4, 0.5) is 0 Å². The number of furan rings is 1. The molecule has 2 N–H and O–H groups in total. The van der Waals surface area contributed by atoms with Crippen LogP contribution in [0.3, 0.4) is 0 Å². The van der Waals surface area contributed by atoms with Crippen LogP contribution < -0.4 is 5.32 Å². The second kappa shape index (κ2) is 7.35. The van der Waals surface area contributed by atoms with E-state index in [2.05, 4.69) is 5.32 Å². The number of amides is 1. The molecular weight excluding hydrogens is 302 g/mol. The van der Waals surface area contributed by atoms with E-state index in [1.807, 2.05) is 26.0 Å². The van der Waals surface area contributed by atoms with Gasteiger partial charge in [0.25, 0.3) is 0 Å². The summed E-state index contributed by atoms with van der Waals surface area (Å²) in [5, 5.41) is 12.3. The number of benzene rings is 1. The van der Waals surface area contributed by atoms with Gasteiger partial charge in [-0.25, -0.2) is 0 Å². The number of aryl methyl sites for hydroxylation is 2. The van der Waals surface area contributed by atoms with Gasteiger partial charge >= 0.3 is 5.97 Å². The third kappa shape index (κ3) is 4.27. The van der Waals surface area contributed by atoms with E-state index in [4.69, 9.17) is 9.52 Å². The van der Waals surface area contributed by atoms with Gasteiger partial charge in [0, 0.05) is 23.2 Å². The van der Waals surface area contributed by atoms with Gasteiger partial charge < -0.3 is 14.8 Å². The number of hydrogen-bond acceptors (Lipinski definition) is 4. The zero-order chi connectivity index (χ0) is 16.1. The number of rotatable bonds is 7. The van der Waals surface area contributed by atoms with E-state index in [0.717, 1.165) is 22.1 Å². The van der Waals surface area contributed by atoms with Crippen molar-refractivity contribution >= 4 is 34.6 Å². The molecule has 0 saturated carbocycles. The first-order chi connectivity index (χ1) is 10.5. The first-order valence-corrected chi connectivity index (χ1v) is 8.16. The molecule has 22 heavy (non-hydrogen) atoms. The smallest absolute Gasteiger partial charge is 0.313 e. The Morgan fingerprint density at radius 3 is 2.73 bits per heavy atom. The Labute approximate surface area is 133 Å². The van der Waals surface area contributed by atoms with E-state index >= 15 is 0 Å². The largest absolute Gasteiger partial charge is 0.481 e. The van der Waals surface area contributed by atoms with Gasteiger partial charge in [0.2, 0.25) is 5.91 Å². The SMILES string of the molecule is Cc1cc2occ(CC(=O)NCCSCC(=O)O)c2cc1C. The molecule has 118 valence electrons. The number of carbonyl (C=O) groups is 2. The van der Waals surface area contributed by atoms with Crippen LogP contribution in [0.2, 0.25) is 0 Å². The fourth-order valence-corrected chi connectivity index (χ4v) is 2.70. The standard InChI is InChI=1S/C16H19NO4S/c1-10-5-13-12(8-21-14(13)6-11(10)2)7-15(18)17-3-4-22-9-16(19)20/h5-6,8H,3-4,7,9H2,1-2H3,(H,17,18)(H,19,20). The summed E-state index contributed by atoms with van der Waals surface area (Å²) in [6, 6.07) is 4.02. The summed E-state index contributed by atoms with van der Waals surface area (Å²) < 4.78 is 5.51. The monoisotopic (exact) mass is 321 g/mol. The molecule has 1 aromatic carbocycles. The molecule has 1 heterocycles. The molecule has 0 spiro atoms. The highest BCUT2D eigenvalue weighted by atomic mass is 32.2. The number of carbonyl (C=O) groups excluding carboxylic acids is 1. The highest BCUT2D eigenvalue weighted by Crippen LogP contribution is 2.25. The molecule has 0 radical (unpaired) electrons. The van der Waals surface area contributed by atoms with E-state index in [0.29, 0.717) is 12.3 Å². The first-order valence-electron chi connectivity index (χ1n) is 7.01. The van der Waals surface area contributed by atoms with Gasteiger partial charge in [-0.1, -0.05) is 0 Å². The average molecular weight is 321 g/mol. The van der Waals surface area contributed by atoms with Crippen LogP contribution in [-0.2, 0) is 16.0 Å². The molecule has 0 atom stereocenters. The van der Waals surface area contributed by atoms with Crippen LogP contribution in [0, 0.1) is 13.8 Å². The topological polar surface area (TPSA) is 79.5 Å². The van der Waals surface area contributed by atoms with Crippen molar-refractivity contribution in [2.24, 2.45) is 0 Å². The van der Waals surface area contributed by atoms with E-state index in [1.165, 1.54) is 17.3 Å². The molecule has 1 amide bonds. The van der Waals surface area contributed by atoms with Gasteiger partial charge in [-0.3, -0.25) is 9.59 Å². The third-order valence-corrected chi connectivity index (χ3v) is 4.36. The second-order valence-corrected chi connectivity index (χ2v) is 6.27. The van der Waals surface area contributed by atoms with Crippen molar-refractivity contribution in [1.82, 2.24) is 5.32 Å². The summed E-state index contributed by atoms with van der Waals surface area (Å²) in [6.07, 6.45) is 1.89. The first kappa shape index (κ1) is 16.4. The van der Waals surface area contributed by atoms with Crippen molar-refractivity contribution in [3.8, 4) is 0 Å². The molecule has 0 fully saturated rings. The lowest BCUT2D eigenvalue weighted by Gasteiger charge is -2.04. The Morgan fingerprint density at radius 1 is 1.27 bits per heavy atom. The van der Waals surface area contributed by atoms with E-state index < -0.39 is 5.97 Å². The number of carboxylic acid groups (broad SMARTS) is 1. The molecule has 0 bridgehead atoms. The Hall–Kier alpha value is -1.95. The summed E-state index contributed by atoms with van der Waals surface area (Å²) >= 11 is 1.28.